The molecule has 0 aliphatic rings. The first kappa shape index (κ1) is 20.9. The molecule has 31 heavy (non-hydrogen) atoms. The highest BCUT2D eigenvalue weighted by atomic mass is 35.5. The monoisotopic (exact) mass is 471 g/mol. The van der Waals surface area contributed by atoms with Gasteiger partial charge in [0.05, 0.1) is 28.4 Å². The molecule has 0 fully saturated rings. The molecule has 2 aromatic heterocycles. The lowest BCUT2D eigenvalue weighted by atomic mass is 10.1. The average Bonchev–Trinajstić information content (AvgIpc) is 3.15. The highest BCUT2D eigenvalue weighted by Crippen LogP contribution is 2.40. The standard InChI is InChI=1S/C20H12Cl3N7O/c21-11-6-10(8-24)17(23)16(7-11)31-19-13(22)3-4-15-18(19)28-29-30(15)9-14(25)12-2-1-5-27-20(12)26/h1-7,25H,9H2,(H2,26,27). The van der Waals surface area contributed by atoms with Gasteiger partial charge in [0.2, 0.25) is 0 Å². The van der Waals surface area contributed by atoms with Gasteiger partial charge in [-0.1, -0.05) is 40.0 Å². The zero-order valence-electron chi connectivity index (χ0n) is 15.6. The molecule has 154 valence electrons. The summed E-state index contributed by atoms with van der Waals surface area (Å²) in [7, 11) is 0. The van der Waals surface area contributed by atoms with Crippen LogP contribution in [0.25, 0.3) is 11.0 Å². The second kappa shape index (κ2) is 8.40. The number of ether oxygens (including phenoxy) is 1. The maximum atomic E-state index is 9.23. The quantitative estimate of drug-likeness (QED) is 0.389. The average molecular weight is 473 g/mol. The third-order valence-electron chi connectivity index (χ3n) is 4.40. The molecular weight excluding hydrogens is 461 g/mol. The van der Waals surface area contributed by atoms with Gasteiger partial charge in [-0.15, -0.1) is 5.10 Å². The van der Waals surface area contributed by atoms with Crippen LogP contribution in [0.3, 0.4) is 0 Å². The molecular formula is C20H12Cl3N7O. The molecule has 4 aromatic rings. The fourth-order valence-corrected chi connectivity index (χ4v) is 3.53. The van der Waals surface area contributed by atoms with E-state index in [0.717, 1.165) is 0 Å². The fraction of sp³-hybridized carbons (Fsp3) is 0.0500. The maximum Gasteiger partial charge on any atom is 0.175 e. The first-order valence-electron chi connectivity index (χ1n) is 8.76. The number of aromatic nitrogens is 4. The molecule has 0 saturated carbocycles. The van der Waals surface area contributed by atoms with Crippen molar-refractivity contribution in [3.05, 3.63) is 68.8 Å². The summed E-state index contributed by atoms with van der Waals surface area (Å²) in [4.78, 5) is 4.00. The minimum absolute atomic E-state index is 0.0983. The Kier molecular flexibility index (Phi) is 5.65. The maximum absolute atomic E-state index is 9.23. The Bertz CT molecular complexity index is 1380. The van der Waals surface area contributed by atoms with Gasteiger partial charge in [0, 0.05) is 22.8 Å². The molecule has 0 atom stereocenters. The smallest absolute Gasteiger partial charge is 0.175 e. The van der Waals surface area contributed by atoms with Crippen LogP contribution in [0.15, 0.2) is 42.6 Å². The van der Waals surface area contributed by atoms with Gasteiger partial charge in [-0.2, -0.15) is 5.26 Å². The lowest BCUT2D eigenvalue weighted by Crippen LogP contribution is -2.14. The van der Waals surface area contributed by atoms with Crippen molar-refractivity contribution in [2.45, 2.75) is 6.54 Å². The largest absolute Gasteiger partial charge is 0.452 e. The van der Waals surface area contributed by atoms with Crippen LogP contribution >= 0.6 is 34.8 Å². The first-order chi connectivity index (χ1) is 14.9. The zero-order chi connectivity index (χ0) is 22.1. The van der Waals surface area contributed by atoms with Gasteiger partial charge >= 0.3 is 0 Å². The number of rotatable bonds is 5. The Hall–Kier alpha value is -3.38. The van der Waals surface area contributed by atoms with Crippen molar-refractivity contribution in [2.24, 2.45) is 0 Å². The summed E-state index contributed by atoms with van der Waals surface area (Å²) in [6.07, 6.45) is 1.56. The molecule has 2 aromatic carbocycles. The molecule has 3 N–H and O–H groups in total. The Morgan fingerprint density at radius 3 is 2.77 bits per heavy atom. The molecule has 4 rings (SSSR count). The molecule has 0 spiro atoms. The van der Waals surface area contributed by atoms with E-state index in [2.05, 4.69) is 15.3 Å². The van der Waals surface area contributed by atoms with Crippen molar-refractivity contribution in [3.63, 3.8) is 0 Å². The third-order valence-corrected chi connectivity index (χ3v) is 5.31. The van der Waals surface area contributed by atoms with Crippen LogP contribution < -0.4 is 10.5 Å². The molecule has 0 unspecified atom stereocenters. The normalized spacial score (nSPS) is 10.8. The van der Waals surface area contributed by atoms with E-state index >= 15 is 0 Å². The summed E-state index contributed by atoms with van der Waals surface area (Å²) in [5.74, 6) is 0.615. The Morgan fingerprint density at radius 2 is 2.03 bits per heavy atom. The second-order valence-corrected chi connectivity index (χ2v) is 7.61. The van der Waals surface area contributed by atoms with Gasteiger partial charge in [-0.05, 0) is 30.3 Å². The number of halogens is 3. The topological polar surface area (TPSA) is 126 Å². The molecule has 0 aliphatic heterocycles. The number of hydrogen-bond donors (Lipinski definition) is 2. The molecule has 11 heteroatoms. The highest BCUT2D eigenvalue weighted by Gasteiger charge is 2.19. The molecule has 0 aliphatic carbocycles. The van der Waals surface area contributed by atoms with Gasteiger partial charge in [0.15, 0.2) is 11.3 Å². The number of anilines is 1. The molecule has 2 heterocycles. The highest BCUT2D eigenvalue weighted by molar-refractivity contribution is 6.35. The minimum atomic E-state index is 0.0983. The van der Waals surface area contributed by atoms with E-state index in [1.165, 1.54) is 16.8 Å². The summed E-state index contributed by atoms with van der Waals surface area (Å²) >= 11 is 18.7. The van der Waals surface area contributed by atoms with Crippen LogP contribution in [0.5, 0.6) is 11.5 Å². The van der Waals surface area contributed by atoms with Gasteiger partial charge in [0.25, 0.3) is 0 Å². The van der Waals surface area contributed by atoms with E-state index < -0.39 is 0 Å². The SMILES string of the molecule is N#Cc1cc(Cl)cc(Oc2c(Cl)ccc3c2nnn3CC(=N)c2cccnc2N)c1Cl. The summed E-state index contributed by atoms with van der Waals surface area (Å²) in [6.45, 7) is 0.101. The molecule has 0 saturated heterocycles. The van der Waals surface area contributed by atoms with Crippen molar-refractivity contribution >= 4 is 57.4 Å². The van der Waals surface area contributed by atoms with Crippen molar-refractivity contribution in [3.8, 4) is 17.6 Å². The summed E-state index contributed by atoms with van der Waals surface area (Å²) in [6, 6.07) is 11.6. The van der Waals surface area contributed by atoms with Crippen LogP contribution in [-0.4, -0.2) is 25.7 Å². The van der Waals surface area contributed by atoms with E-state index in [0.29, 0.717) is 16.6 Å². The fourth-order valence-electron chi connectivity index (χ4n) is 2.94. The Balaban J connectivity index is 1.73. The Morgan fingerprint density at radius 1 is 1.23 bits per heavy atom. The van der Waals surface area contributed by atoms with Gasteiger partial charge in [-0.25, -0.2) is 9.67 Å². The van der Waals surface area contributed by atoms with Crippen molar-refractivity contribution in [1.82, 2.24) is 20.0 Å². The number of nitrogen functional groups attached to an aromatic ring is 1. The van der Waals surface area contributed by atoms with E-state index in [1.54, 1.807) is 30.5 Å². The summed E-state index contributed by atoms with van der Waals surface area (Å²) in [5, 5.41) is 26.5. The number of nitrogens with zero attached hydrogens (tertiary/aromatic N) is 5. The van der Waals surface area contributed by atoms with Gasteiger partial charge in [-0.3, -0.25) is 0 Å². The van der Waals surface area contributed by atoms with E-state index in [-0.39, 0.29) is 50.2 Å². The number of nitrogens with two attached hydrogens (primary N) is 1. The predicted octanol–water partition coefficient (Wildman–Crippen LogP) is 5.10. The van der Waals surface area contributed by atoms with Crippen LogP contribution in [0, 0.1) is 16.7 Å². The number of benzene rings is 2. The molecule has 0 bridgehead atoms. The predicted molar refractivity (Wildman–Crippen MR) is 119 cm³/mol. The number of fused-ring (bicyclic) bond motifs is 1. The van der Waals surface area contributed by atoms with Crippen molar-refractivity contribution < 1.29 is 4.74 Å². The summed E-state index contributed by atoms with van der Waals surface area (Å²) in [5.41, 5.74) is 7.68. The molecule has 0 radical (unpaired) electrons. The third kappa shape index (κ3) is 3.99. The van der Waals surface area contributed by atoms with Crippen molar-refractivity contribution in [1.29, 1.82) is 10.7 Å². The minimum Gasteiger partial charge on any atom is -0.452 e. The van der Waals surface area contributed by atoms with Gasteiger partial charge < -0.3 is 15.9 Å². The van der Waals surface area contributed by atoms with E-state index in [4.69, 9.17) is 50.7 Å². The van der Waals surface area contributed by atoms with Crippen LogP contribution in [-0.2, 0) is 6.54 Å². The first-order valence-corrected chi connectivity index (χ1v) is 9.89. The van der Waals surface area contributed by atoms with E-state index in [9.17, 15) is 5.26 Å². The van der Waals surface area contributed by atoms with Crippen LogP contribution in [0.4, 0.5) is 5.82 Å². The lowest BCUT2D eigenvalue weighted by Gasteiger charge is -2.11. The van der Waals surface area contributed by atoms with Crippen LogP contribution in [0.2, 0.25) is 15.1 Å². The molecule has 0 amide bonds. The van der Waals surface area contributed by atoms with Gasteiger partial charge in [0.1, 0.15) is 22.7 Å². The number of nitrogens with one attached hydrogen (secondary N) is 1. The number of hydrogen-bond acceptors (Lipinski definition) is 7. The summed E-state index contributed by atoms with van der Waals surface area (Å²) < 4.78 is 7.42. The molecule has 8 nitrogen and oxygen atoms in total. The van der Waals surface area contributed by atoms with Crippen molar-refractivity contribution in [2.75, 3.05) is 5.73 Å². The Labute approximate surface area is 191 Å². The zero-order valence-corrected chi connectivity index (χ0v) is 17.9. The lowest BCUT2D eigenvalue weighted by molar-refractivity contribution is 0.487. The van der Waals surface area contributed by atoms with E-state index in [1.807, 2.05) is 6.07 Å². The number of nitriles is 1. The van der Waals surface area contributed by atoms with Crippen LogP contribution in [0.1, 0.15) is 11.1 Å². The number of pyridine rings is 1. The second-order valence-electron chi connectivity index (χ2n) is 6.39.